The Morgan fingerprint density at radius 1 is 1.44 bits per heavy atom. The Hall–Kier alpha value is -0.880. The van der Waals surface area contributed by atoms with Crippen LogP contribution in [0.1, 0.15) is 24.6 Å². The third-order valence-corrected chi connectivity index (χ3v) is 3.75. The molecule has 1 atom stereocenters. The summed E-state index contributed by atoms with van der Waals surface area (Å²) in [6, 6.07) is 0.273. The van der Waals surface area contributed by atoms with Crippen LogP contribution in [0.4, 0.5) is 5.95 Å². The molecule has 1 aliphatic heterocycles. The maximum absolute atomic E-state index is 5.70. The third-order valence-electron chi connectivity index (χ3n) is 2.73. The molecule has 0 amide bonds. The van der Waals surface area contributed by atoms with Gasteiger partial charge in [0.05, 0.1) is 6.04 Å². The van der Waals surface area contributed by atoms with Gasteiger partial charge >= 0.3 is 0 Å². The lowest BCUT2D eigenvalue weighted by Gasteiger charge is -2.30. The number of hydrogen-bond acceptors (Lipinski definition) is 6. The van der Waals surface area contributed by atoms with Gasteiger partial charge in [-0.15, -0.1) is 0 Å². The average molecular weight is 239 g/mol. The largest absolute Gasteiger partial charge is 0.368 e. The Balaban J connectivity index is 2.27. The summed E-state index contributed by atoms with van der Waals surface area (Å²) in [5.41, 5.74) is 5.70. The molecular weight excluding hydrogens is 222 g/mol. The fourth-order valence-electron chi connectivity index (χ4n) is 1.72. The van der Waals surface area contributed by atoms with Crippen molar-refractivity contribution in [3.8, 4) is 0 Å². The van der Waals surface area contributed by atoms with E-state index in [-0.39, 0.29) is 6.04 Å². The molecule has 88 valence electrons. The minimum absolute atomic E-state index is 0.273. The third kappa shape index (κ3) is 2.44. The topological polar surface area (TPSA) is 67.9 Å². The molecule has 0 aromatic carbocycles. The molecule has 0 spiro atoms. The molecule has 1 unspecified atom stereocenters. The quantitative estimate of drug-likeness (QED) is 0.821. The first-order valence-electron chi connectivity index (χ1n) is 5.49. The standard InChI is InChI=1S/C10H17N5S/c1-3-8-12-9(14-10(11)13-8)7-6-16-5-4-15(7)2/h7H,3-6H2,1-2H3,(H2,11,12,13,14). The number of thioether (sulfide) groups is 1. The van der Waals surface area contributed by atoms with Crippen molar-refractivity contribution in [1.82, 2.24) is 19.9 Å². The van der Waals surface area contributed by atoms with Gasteiger partial charge in [0.1, 0.15) is 5.82 Å². The number of aromatic nitrogens is 3. The van der Waals surface area contributed by atoms with Crippen LogP contribution in [0.3, 0.4) is 0 Å². The molecule has 2 N–H and O–H groups in total. The van der Waals surface area contributed by atoms with Crippen LogP contribution in [0.5, 0.6) is 0 Å². The zero-order valence-corrected chi connectivity index (χ0v) is 10.5. The highest BCUT2D eigenvalue weighted by Gasteiger charge is 2.24. The van der Waals surface area contributed by atoms with Gasteiger partial charge in [-0.25, -0.2) is 4.98 Å². The van der Waals surface area contributed by atoms with Gasteiger partial charge in [0.25, 0.3) is 0 Å². The van der Waals surface area contributed by atoms with E-state index in [1.807, 2.05) is 18.7 Å². The molecule has 0 bridgehead atoms. The number of hydrogen-bond donors (Lipinski definition) is 1. The SMILES string of the molecule is CCc1nc(N)nc(C2CSCCN2C)n1. The Morgan fingerprint density at radius 2 is 2.25 bits per heavy atom. The lowest BCUT2D eigenvalue weighted by Crippen LogP contribution is -2.34. The monoisotopic (exact) mass is 239 g/mol. The minimum Gasteiger partial charge on any atom is -0.368 e. The Morgan fingerprint density at radius 3 is 2.94 bits per heavy atom. The van der Waals surface area contributed by atoms with E-state index in [0.717, 1.165) is 30.4 Å². The van der Waals surface area contributed by atoms with Gasteiger partial charge in [-0.3, -0.25) is 4.90 Å². The van der Waals surface area contributed by atoms with Crippen molar-refractivity contribution in [3.63, 3.8) is 0 Å². The molecule has 1 aliphatic rings. The number of nitrogen functional groups attached to an aromatic ring is 1. The molecule has 2 heterocycles. The first-order chi connectivity index (χ1) is 7.70. The summed E-state index contributed by atoms with van der Waals surface area (Å²) >= 11 is 1.94. The van der Waals surface area contributed by atoms with Crippen LogP contribution in [0, 0.1) is 0 Å². The second-order valence-electron chi connectivity index (χ2n) is 3.89. The fraction of sp³-hybridized carbons (Fsp3) is 0.700. The van der Waals surface area contributed by atoms with E-state index in [0.29, 0.717) is 5.95 Å². The van der Waals surface area contributed by atoms with Crippen LogP contribution in [-0.2, 0) is 6.42 Å². The van der Waals surface area contributed by atoms with Gasteiger partial charge in [-0.1, -0.05) is 6.92 Å². The molecule has 0 aliphatic carbocycles. The summed E-state index contributed by atoms with van der Waals surface area (Å²) in [6.45, 7) is 3.10. The number of nitrogens with zero attached hydrogens (tertiary/aromatic N) is 4. The summed E-state index contributed by atoms with van der Waals surface area (Å²) in [7, 11) is 2.11. The molecule has 1 saturated heterocycles. The molecular formula is C10H17N5S. The van der Waals surface area contributed by atoms with Gasteiger partial charge in [0.2, 0.25) is 5.95 Å². The van der Waals surface area contributed by atoms with E-state index < -0.39 is 0 Å². The second kappa shape index (κ2) is 4.97. The lowest BCUT2D eigenvalue weighted by atomic mass is 10.2. The van der Waals surface area contributed by atoms with Crippen LogP contribution in [0.2, 0.25) is 0 Å². The summed E-state index contributed by atoms with van der Waals surface area (Å²) in [5, 5.41) is 0. The van der Waals surface area contributed by atoms with Crippen molar-refractivity contribution in [1.29, 1.82) is 0 Å². The smallest absolute Gasteiger partial charge is 0.223 e. The Kier molecular flexibility index (Phi) is 3.60. The predicted molar refractivity (Wildman–Crippen MR) is 66.3 cm³/mol. The summed E-state index contributed by atoms with van der Waals surface area (Å²) in [4.78, 5) is 15.1. The first-order valence-corrected chi connectivity index (χ1v) is 6.64. The zero-order valence-electron chi connectivity index (χ0n) is 9.68. The predicted octanol–water partition coefficient (Wildman–Crippen LogP) is 0.736. The molecule has 2 rings (SSSR count). The van der Waals surface area contributed by atoms with E-state index >= 15 is 0 Å². The molecule has 0 saturated carbocycles. The number of anilines is 1. The van der Waals surface area contributed by atoms with Crippen molar-refractivity contribution in [2.45, 2.75) is 19.4 Å². The van der Waals surface area contributed by atoms with Crippen LogP contribution in [0.25, 0.3) is 0 Å². The van der Waals surface area contributed by atoms with E-state index in [2.05, 4.69) is 26.9 Å². The maximum Gasteiger partial charge on any atom is 0.223 e. The summed E-state index contributed by atoms with van der Waals surface area (Å²) in [5.74, 6) is 4.15. The number of aryl methyl sites for hydroxylation is 1. The van der Waals surface area contributed by atoms with Crippen LogP contribution in [-0.4, -0.2) is 44.9 Å². The van der Waals surface area contributed by atoms with Crippen molar-refractivity contribution in [2.75, 3.05) is 30.8 Å². The summed E-state index contributed by atoms with van der Waals surface area (Å²) in [6.07, 6.45) is 0.795. The molecule has 0 radical (unpaired) electrons. The minimum atomic E-state index is 0.273. The van der Waals surface area contributed by atoms with E-state index in [4.69, 9.17) is 5.73 Å². The molecule has 1 fully saturated rings. The van der Waals surface area contributed by atoms with E-state index in [1.165, 1.54) is 5.75 Å². The maximum atomic E-state index is 5.70. The highest BCUT2D eigenvalue weighted by molar-refractivity contribution is 7.99. The van der Waals surface area contributed by atoms with E-state index in [9.17, 15) is 0 Å². The molecule has 16 heavy (non-hydrogen) atoms. The van der Waals surface area contributed by atoms with Gasteiger partial charge in [-0.05, 0) is 7.05 Å². The zero-order chi connectivity index (χ0) is 11.5. The Labute approximate surface area is 99.9 Å². The van der Waals surface area contributed by atoms with E-state index in [1.54, 1.807) is 0 Å². The number of rotatable bonds is 2. The van der Waals surface area contributed by atoms with Crippen molar-refractivity contribution in [2.24, 2.45) is 0 Å². The molecule has 6 heteroatoms. The van der Waals surface area contributed by atoms with Crippen molar-refractivity contribution in [3.05, 3.63) is 11.6 Å². The summed E-state index contributed by atoms with van der Waals surface area (Å²) < 4.78 is 0. The molecule has 5 nitrogen and oxygen atoms in total. The highest BCUT2D eigenvalue weighted by atomic mass is 32.2. The molecule has 1 aromatic heterocycles. The van der Waals surface area contributed by atoms with Crippen molar-refractivity contribution < 1.29 is 0 Å². The van der Waals surface area contributed by atoms with Gasteiger partial charge in [0, 0.05) is 24.5 Å². The fourth-order valence-corrected chi connectivity index (χ4v) is 2.93. The van der Waals surface area contributed by atoms with Crippen LogP contribution >= 0.6 is 11.8 Å². The first kappa shape index (κ1) is 11.6. The normalized spacial score (nSPS) is 22.2. The highest BCUT2D eigenvalue weighted by Crippen LogP contribution is 2.25. The van der Waals surface area contributed by atoms with Crippen molar-refractivity contribution >= 4 is 17.7 Å². The number of nitrogens with two attached hydrogens (primary N) is 1. The van der Waals surface area contributed by atoms with Crippen LogP contribution in [0.15, 0.2) is 0 Å². The van der Waals surface area contributed by atoms with Gasteiger partial charge < -0.3 is 5.73 Å². The Bertz CT molecular complexity index is 370. The van der Waals surface area contributed by atoms with Gasteiger partial charge in [0.15, 0.2) is 5.82 Å². The average Bonchev–Trinajstić information content (AvgIpc) is 2.28. The van der Waals surface area contributed by atoms with Gasteiger partial charge in [-0.2, -0.15) is 21.7 Å². The molecule has 1 aromatic rings. The lowest BCUT2D eigenvalue weighted by molar-refractivity contribution is 0.264. The van der Waals surface area contributed by atoms with Crippen LogP contribution < -0.4 is 5.73 Å². The second-order valence-corrected chi connectivity index (χ2v) is 5.04.